The molecule has 0 spiro atoms. The van der Waals surface area contributed by atoms with E-state index in [2.05, 4.69) is 28.2 Å². The first-order valence-electron chi connectivity index (χ1n) is 6.75. The lowest BCUT2D eigenvalue weighted by atomic mass is 10.2. The Hall–Kier alpha value is -1.88. The molecule has 4 nitrogen and oxygen atoms in total. The number of hydrogen-bond donors (Lipinski definition) is 2. The van der Waals surface area contributed by atoms with Crippen molar-refractivity contribution in [1.82, 2.24) is 0 Å². The Morgan fingerprint density at radius 1 is 1.05 bits per heavy atom. The van der Waals surface area contributed by atoms with Crippen molar-refractivity contribution < 1.29 is 9.47 Å². The molecule has 5 heteroatoms. The second-order valence-electron chi connectivity index (χ2n) is 4.64. The largest absolute Gasteiger partial charge is 0.497 e. The van der Waals surface area contributed by atoms with E-state index >= 15 is 0 Å². The Kier molecular flexibility index (Phi) is 5.33. The molecule has 21 heavy (non-hydrogen) atoms. The molecule has 0 aliphatic carbocycles. The lowest BCUT2D eigenvalue weighted by molar-refractivity contribution is 0.318. The summed E-state index contributed by atoms with van der Waals surface area (Å²) >= 11 is 3.46. The summed E-state index contributed by atoms with van der Waals surface area (Å²) in [6.45, 7) is 2.74. The SMILES string of the molecule is CCCOc1cc(N)cc(Nc2cc(Br)cc(OC)c2)c1. The van der Waals surface area contributed by atoms with E-state index in [1.54, 1.807) is 7.11 Å². The molecule has 0 aliphatic rings. The average Bonchev–Trinajstić information content (AvgIpc) is 2.43. The predicted octanol–water partition coefficient (Wildman–Crippen LogP) is 4.57. The van der Waals surface area contributed by atoms with Crippen LogP contribution in [0.2, 0.25) is 0 Å². The van der Waals surface area contributed by atoms with E-state index in [0.29, 0.717) is 12.3 Å². The van der Waals surface area contributed by atoms with Gasteiger partial charge in [0, 0.05) is 39.7 Å². The van der Waals surface area contributed by atoms with Gasteiger partial charge in [-0.2, -0.15) is 0 Å². The van der Waals surface area contributed by atoms with E-state index in [4.69, 9.17) is 15.2 Å². The molecule has 0 unspecified atom stereocenters. The highest BCUT2D eigenvalue weighted by Crippen LogP contribution is 2.29. The van der Waals surface area contributed by atoms with Gasteiger partial charge < -0.3 is 20.5 Å². The molecule has 2 aromatic rings. The summed E-state index contributed by atoms with van der Waals surface area (Å²) in [4.78, 5) is 0. The van der Waals surface area contributed by atoms with Crippen molar-refractivity contribution in [2.24, 2.45) is 0 Å². The summed E-state index contributed by atoms with van der Waals surface area (Å²) in [5.41, 5.74) is 8.36. The number of rotatable bonds is 6. The van der Waals surface area contributed by atoms with Crippen molar-refractivity contribution in [2.45, 2.75) is 13.3 Å². The van der Waals surface area contributed by atoms with Crippen molar-refractivity contribution >= 4 is 33.0 Å². The number of hydrogen-bond acceptors (Lipinski definition) is 4. The average molecular weight is 351 g/mol. The molecule has 0 bridgehead atoms. The number of anilines is 3. The van der Waals surface area contributed by atoms with Crippen molar-refractivity contribution in [3.05, 3.63) is 40.9 Å². The van der Waals surface area contributed by atoms with Crippen LogP contribution in [0.25, 0.3) is 0 Å². The number of nitrogens with one attached hydrogen (secondary N) is 1. The van der Waals surface area contributed by atoms with E-state index < -0.39 is 0 Å². The molecule has 112 valence electrons. The van der Waals surface area contributed by atoms with Gasteiger partial charge in [0.15, 0.2) is 0 Å². The van der Waals surface area contributed by atoms with E-state index in [0.717, 1.165) is 33.8 Å². The molecule has 3 N–H and O–H groups in total. The number of methoxy groups -OCH3 is 1. The predicted molar refractivity (Wildman–Crippen MR) is 90.6 cm³/mol. The molecule has 0 saturated carbocycles. The summed E-state index contributed by atoms with van der Waals surface area (Å²) in [7, 11) is 1.64. The second kappa shape index (κ2) is 7.22. The topological polar surface area (TPSA) is 56.5 Å². The summed E-state index contributed by atoms with van der Waals surface area (Å²) in [6, 6.07) is 11.4. The lowest BCUT2D eigenvalue weighted by Crippen LogP contribution is -1.98. The van der Waals surface area contributed by atoms with Crippen LogP contribution >= 0.6 is 15.9 Å². The zero-order valence-corrected chi connectivity index (χ0v) is 13.7. The van der Waals surface area contributed by atoms with Crippen LogP contribution in [0, 0.1) is 0 Å². The molecule has 0 heterocycles. The second-order valence-corrected chi connectivity index (χ2v) is 5.56. The van der Waals surface area contributed by atoms with Crippen molar-refractivity contribution in [3.63, 3.8) is 0 Å². The number of ether oxygens (including phenoxy) is 2. The Bertz CT molecular complexity index is 617. The summed E-state index contributed by atoms with van der Waals surface area (Å²) in [5, 5.41) is 3.31. The van der Waals surface area contributed by atoms with Crippen LogP contribution in [-0.4, -0.2) is 13.7 Å². The Morgan fingerprint density at radius 2 is 1.76 bits per heavy atom. The van der Waals surface area contributed by atoms with Crippen LogP contribution in [0.15, 0.2) is 40.9 Å². The van der Waals surface area contributed by atoms with Crippen LogP contribution in [0.3, 0.4) is 0 Å². The minimum atomic E-state index is 0.660. The van der Waals surface area contributed by atoms with Gasteiger partial charge in [0.1, 0.15) is 11.5 Å². The van der Waals surface area contributed by atoms with Gasteiger partial charge in [-0.25, -0.2) is 0 Å². The molecule has 2 aromatic carbocycles. The van der Waals surface area contributed by atoms with Crippen molar-refractivity contribution in [1.29, 1.82) is 0 Å². The molecular formula is C16H19BrN2O2. The number of nitrogen functional groups attached to an aromatic ring is 1. The smallest absolute Gasteiger partial charge is 0.123 e. The minimum Gasteiger partial charge on any atom is -0.497 e. The first-order valence-corrected chi connectivity index (χ1v) is 7.55. The first-order chi connectivity index (χ1) is 10.1. The van der Waals surface area contributed by atoms with Gasteiger partial charge in [0.05, 0.1) is 13.7 Å². The maximum atomic E-state index is 5.92. The van der Waals surface area contributed by atoms with Crippen LogP contribution in [-0.2, 0) is 0 Å². The quantitative estimate of drug-likeness (QED) is 0.749. The molecule has 0 atom stereocenters. The van der Waals surface area contributed by atoms with Gasteiger partial charge in [-0.1, -0.05) is 22.9 Å². The zero-order chi connectivity index (χ0) is 15.2. The number of nitrogens with two attached hydrogens (primary N) is 1. The van der Waals surface area contributed by atoms with E-state index in [9.17, 15) is 0 Å². The highest BCUT2D eigenvalue weighted by atomic mass is 79.9. The fourth-order valence-electron chi connectivity index (χ4n) is 1.92. The van der Waals surface area contributed by atoms with E-state index in [1.807, 2.05) is 36.4 Å². The first kappa shape index (κ1) is 15.5. The summed E-state index contributed by atoms with van der Waals surface area (Å²) in [6.07, 6.45) is 0.959. The molecule has 0 aliphatic heterocycles. The summed E-state index contributed by atoms with van der Waals surface area (Å²) in [5.74, 6) is 1.54. The van der Waals surface area contributed by atoms with Crippen LogP contribution < -0.4 is 20.5 Å². The zero-order valence-electron chi connectivity index (χ0n) is 12.2. The van der Waals surface area contributed by atoms with Gasteiger partial charge >= 0.3 is 0 Å². The number of halogens is 1. The highest BCUT2D eigenvalue weighted by molar-refractivity contribution is 9.10. The molecule has 0 saturated heterocycles. The van der Waals surface area contributed by atoms with Gasteiger partial charge in [-0.05, 0) is 24.6 Å². The third kappa shape index (κ3) is 4.56. The molecule has 2 rings (SSSR count). The van der Waals surface area contributed by atoms with Crippen LogP contribution in [0.4, 0.5) is 17.1 Å². The molecule has 0 fully saturated rings. The monoisotopic (exact) mass is 350 g/mol. The molecule has 0 amide bonds. The third-order valence-corrected chi connectivity index (χ3v) is 3.26. The fourth-order valence-corrected chi connectivity index (χ4v) is 2.39. The number of benzene rings is 2. The normalized spacial score (nSPS) is 10.2. The molecule has 0 radical (unpaired) electrons. The van der Waals surface area contributed by atoms with Gasteiger partial charge in [-0.3, -0.25) is 0 Å². The van der Waals surface area contributed by atoms with Crippen LogP contribution in [0.5, 0.6) is 11.5 Å². The minimum absolute atomic E-state index is 0.660. The standard InChI is InChI=1S/C16H19BrN2O2/c1-3-4-21-16-8-12(18)7-14(10-16)19-13-5-11(17)6-15(9-13)20-2/h5-10,19H,3-4,18H2,1-2H3. The maximum Gasteiger partial charge on any atom is 0.123 e. The van der Waals surface area contributed by atoms with Crippen molar-refractivity contribution in [3.8, 4) is 11.5 Å². The van der Waals surface area contributed by atoms with Crippen molar-refractivity contribution in [2.75, 3.05) is 24.8 Å². The third-order valence-electron chi connectivity index (χ3n) is 2.80. The molecular weight excluding hydrogens is 332 g/mol. The summed E-state index contributed by atoms with van der Waals surface area (Å²) < 4.78 is 11.8. The van der Waals surface area contributed by atoms with Crippen LogP contribution in [0.1, 0.15) is 13.3 Å². The Balaban J connectivity index is 2.22. The lowest BCUT2D eigenvalue weighted by Gasteiger charge is -2.12. The van der Waals surface area contributed by atoms with Gasteiger partial charge in [-0.15, -0.1) is 0 Å². The van der Waals surface area contributed by atoms with Gasteiger partial charge in [0.2, 0.25) is 0 Å². The molecule has 0 aromatic heterocycles. The Labute approximate surface area is 133 Å². The highest BCUT2D eigenvalue weighted by Gasteiger charge is 2.03. The van der Waals surface area contributed by atoms with E-state index in [-0.39, 0.29) is 0 Å². The van der Waals surface area contributed by atoms with Gasteiger partial charge in [0.25, 0.3) is 0 Å². The maximum absolute atomic E-state index is 5.92. The fraction of sp³-hybridized carbons (Fsp3) is 0.250. The Morgan fingerprint density at radius 3 is 2.48 bits per heavy atom. The van der Waals surface area contributed by atoms with E-state index in [1.165, 1.54) is 0 Å².